The van der Waals surface area contributed by atoms with Crippen LogP contribution in [0.3, 0.4) is 0 Å². The predicted octanol–water partition coefficient (Wildman–Crippen LogP) is 0.652. The first-order valence-electron chi connectivity index (χ1n) is 5.54. The van der Waals surface area contributed by atoms with E-state index in [1.165, 1.54) is 0 Å². The van der Waals surface area contributed by atoms with Gasteiger partial charge in [0, 0.05) is 18.2 Å². The summed E-state index contributed by atoms with van der Waals surface area (Å²) in [6.45, 7) is 8.50. The lowest BCUT2D eigenvalue weighted by molar-refractivity contribution is -0.121. The third-order valence-corrected chi connectivity index (χ3v) is 2.11. The molecule has 0 aliphatic rings. The molecule has 0 radical (unpaired) electrons. The quantitative estimate of drug-likeness (QED) is 0.611. The van der Waals surface area contributed by atoms with Crippen LogP contribution in [0.15, 0.2) is 0 Å². The number of aliphatic hydroxyl groups is 1. The fraction of sp³-hybridized carbons (Fsp3) is 0.909. The van der Waals surface area contributed by atoms with Crippen molar-refractivity contribution in [1.29, 1.82) is 0 Å². The summed E-state index contributed by atoms with van der Waals surface area (Å²) in [4.78, 5) is 11.5. The highest BCUT2D eigenvalue weighted by atomic mass is 16.3. The number of hydrogen-bond acceptors (Lipinski definition) is 3. The lowest BCUT2D eigenvalue weighted by Crippen LogP contribution is -2.46. The molecule has 0 fully saturated rings. The summed E-state index contributed by atoms with van der Waals surface area (Å²) in [7, 11) is 0. The van der Waals surface area contributed by atoms with E-state index in [0.29, 0.717) is 13.0 Å². The van der Waals surface area contributed by atoms with Gasteiger partial charge in [0.2, 0.25) is 5.91 Å². The Labute approximate surface area is 92.4 Å². The van der Waals surface area contributed by atoms with Crippen LogP contribution in [0.25, 0.3) is 0 Å². The zero-order chi connectivity index (χ0) is 11.9. The molecular weight excluding hydrogens is 192 g/mol. The molecule has 0 rings (SSSR count). The number of rotatable bonds is 6. The summed E-state index contributed by atoms with van der Waals surface area (Å²) < 4.78 is 0. The minimum atomic E-state index is -0.0456. The van der Waals surface area contributed by atoms with Crippen LogP contribution in [-0.4, -0.2) is 35.7 Å². The van der Waals surface area contributed by atoms with Crippen molar-refractivity contribution in [3.05, 3.63) is 0 Å². The van der Waals surface area contributed by atoms with Crippen molar-refractivity contribution in [2.24, 2.45) is 0 Å². The zero-order valence-electron chi connectivity index (χ0n) is 10.3. The smallest absolute Gasteiger partial charge is 0.234 e. The van der Waals surface area contributed by atoms with Crippen LogP contribution in [-0.2, 0) is 4.79 Å². The van der Waals surface area contributed by atoms with Crippen molar-refractivity contribution < 1.29 is 9.90 Å². The van der Waals surface area contributed by atoms with E-state index in [4.69, 9.17) is 5.11 Å². The van der Waals surface area contributed by atoms with Gasteiger partial charge in [-0.15, -0.1) is 0 Å². The number of amides is 1. The third kappa shape index (κ3) is 8.39. The molecular formula is C11H24N2O2. The summed E-state index contributed by atoms with van der Waals surface area (Å²) in [6, 6.07) is 0.0873. The number of carbonyl (C=O) groups excluding carboxylic acids is 1. The standard InChI is InChI=1S/C11H24N2O2/c1-5-9(6-7-14)13-10(15)8-12-11(2,3)4/h9,12,14H,5-8H2,1-4H3,(H,13,15). The minimum absolute atomic E-state index is 0.00905. The molecule has 0 saturated carbocycles. The van der Waals surface area contributed by atoms with Crippen molar-refractivity contribution in [2.45, 2.75) is 52.1 Å². The van der Waals surface area contributed by atoms with Crippen molar-refractivity contribution in [1.82, 2.24) is 10.6 Å². The van der Waals surface area contributed by atoms with Crippen LogP contribution < -0.4 is 10.6 Å². The van der Waals surface area contributed by atoms with Crippen LogP contribution in [0, 0.1) is 0 Å². The molecule has 90 valence electrons. The molecule has 0 spiro atoms. The van der Waals surface area contributed by atoms with E-state index in [2.05, 4.69) is 10.6 Å². The Hall–Kier alpha value is -0.610. The Bertz CT molecular complexity index is 188. The number of hydrogen-bond donors (Lipinski definition) is 3. The van der Waals surface area contributed by atoms with Gasteiger partial charge in [0.1, 0.15) is 0 Å². The van der Waals surface area contributed by atoms with Crippen LogP contribution >= 0.6 is 0 Å². The van der Waals surface area contributed by atoms with Gasteiger partial charge >= 0.3 is 0 Å². The summed E-state index contributed by atoms with van der Waals surface area (Å²) >= 11 is 0. The van der Waals surface area contributed by atoms with E-state index >= 15 is 0 Å². The molecule has 1 unspecified atom stereocenters. The fourth-order valence-electron chi connectivity index (χ4n) is 1.16. The molecule has 4 heteroatoms. The number of nitrogens with one attached hydrogen (secondary N) is 2. The van der Waals surface area contributed by atoms with Gasteiger partial charge in [-0.25, -0.2) is 0 Å². The predicted molar refractivity (Wildman–Crippen MR) is 61.7 cm³/mol. The van der Waals surface area contributed by atoms with Crippen molar-refractivity contribution >= 4 is 5.91 Å². The van der Waals surface area contributed by atoms with Crippen molar-refractivity contribution in [3.8, 4) is 0 Å². The first-order chi connectivity index (χ1) is 6.89. The van der Waals surface area contributed by atoms with E-state index in [-0.39, 0.29) is 24.1 Å². The molecule has 4 nitrogen and oxygen atoms in total. The highest BCUT2D eigenvalue weighted by Gasteiger charge is 2.13. The second-order valence-corrected chi connectivity index (χ2v) is 4.79. The van der Waals surface area contributed by atoms with E-state index in [9.17, 15) is 4.79 Å². The van der Waals surface area contributed by atoms with Crippen molar-refractivity contribution in [3.63, 3.8) is 0 Å². The van der Waals surface area contributed by atoms with Crippen LogP contribution in [0.4, 0.5) is 0 Å². The van der Waals surface area contributed by atoms with Gasteiger partial charge < -0.3 is 15.7 Å². The minimum Gasteiger partial charge on any atom is -0.396 e. The van der Waals surface area contributed by atoms with Gasteiger partial charge in [-0.1, -0.05) is 6.92 Å². The third-order valence-electron chi connectivity index (χ3n) is 2.11. The van der Waals surface area contributed by atoms with Gasteiger partial charge in [0.15, 0.2) is 0 Å². The molecule has 0 aliphatic heterocycles. The Balaban J connectivity index is 3.81. The van der Waals surface area contributed by atoms with Gasteiger partial charge in [-0.2, -0.15) is 0 Å². The zero-order valence-corrected chi connectivity index (χ0v) is 10.3. The second-order valence-electron chi connectivity index (χ2n) is 4.79. The second kappa shape index (κ2) is 6.80. The normalized spacial score (nSPS) is 13.7. The molecule has 0 aliphatic carbocycles. The SMILES string of the molecule is CCC(CCO)NC(=O)CNC(C)(C)C. The average Bonchev–Trinajstić information content (AvgIpc) is 2.13. The molecule has 0 aromatic carbocycles. The first kappa shape index (κ1) is 14.4. The molecule has 0 saturated heterocycles. The van der Waals surface area contributed by atoms with Crippen LogP contribution in [0.1, 0.15) is 40.5 Å². The summed E-state index contributed by atoms with van der Waals surface area (Å²) in [5.41, 5.74) is -0.0456. The molecule has 0 aromatic heterocycles. The van der Waals surface area contributed by atoms with Gasteiger partial charge in [0.25, 0.3) is 0 Å². The molecule has 1 amide bonds. The maximum atomic E-state index is 11.5. The van der Waals surface area contributed by atoms with Crippen LogP contribution in [0.2, 0.25) is 0 Å². The van der Waals surface area contributed by atoms with E-state index in [0.717, 1.165) is 6.42 Å². The highest BCUT2D eigenvalue weighted by molar-refractivity contribution is 5.78. The Morgan fingerprint density at radius 1 is 1.40 bits per heavy atom. The Morgan fingerprint density at radius 2 is 2.00 bits per heavy atom. The lowest BCUT2D eigenvalue weighted by atomic mass is 10.1. The molecule has 0 heterocycles. The van der Waals surface area contributed by atoms with E-state index in [1.807, 2.05) is 27.7 Å². The van der Waals surface area contributed by atoms with E-state index < -0.39 is 0 Å². The Kier molecular flexibility index (Phi) is 6.52. The van der Waals surface area contributed by atoms with Crippen molar-refractivity contribution in [2.75, 3.05) is 13.2 Å². The fourth-order valence-corrected chi connectivity index (χ4v) is 1.16. The highest BCUT2D eigenvalue weighted by Crippen LogP contribution is 1.98. The topological polar surface area (TPSA) is 61.4 Å². The largest absolute Gasteiger partial charge is 0.396 e. The first-order valence-corrected chi connectivity index (χ1v) is 5.54. The number of aliphatic hydroxyl groups excluding tert-OH is 1. The Morgan fingerprint density at radius 3 is 2.40 bits per heavy atom. The molecule has 0 aromatic rings. The molecule has 15 heavy (non-hydrogen) atoms. The summed E-state index contributed by atoms with van der Waals surface area (Å²) in [5.74, 6) is -0.00905. The van der Waals surface area contributed by atoms with Gasteiger partial charge in [0.05, 0.1) is 6.54 Å². The summed E-state index contributed by atoms with van der Waals surface area (Å²) in [6.07, 6.45) is 1.47. The maximum Gasteiger partial charge on any atom is 0.234 e. The lowest BCUT2D eigenvalue weighted by Gasteiger charge is -2.21. The summed E-state index contributed by atoms with van der Waals surface area (Å²) in [5, 5.41) is 14.8. The molecule has 1 atom stereocenters. The van der Waals surface area contributed by atoms with E-state index in [1.54, 1.807) is 0 Å². The van der Waals surface area contributed by atoms with Gasteiger partial charge in [-0.3, -0.25) is 4.79 Å². The maximum absolute atomic E-state index is 11.5. The average molecular weight is 216 g/mol. The monoisotopic (exact) mass is 216 g/mol. The molecule has 3 N–H and O–H groups in total. The number of carbonyl (C=O) groups is 1. The molecule has 0 bridgehead atoms. The van der Waals surface area contributed by atoms with Gasteiger partial charge in [-0.05, 0) is 33.6 Å². The van der Waals surface area contributed by atoms with Crippen LogP contribution in [0.5, 0.6) is 0 Å².